The van der Waals surface area contributed by atoms with Crippen LogP contribution >= 0.6 is 0 Å². The third kappa shape index (κ3) is 9.77. The number of benzene rings is 1. The van der Waals surface area contributed by atoms with Crippen molar-refractivity contribution in [3.05, 3.63) is 59.2 Å². The number of aliphatic imine (C=N–C) groups is 1. The number of hydrogen-bond donors (Lipinski definition) is 6. The van der Waals surface area contributed by atoms with Gasteiger partial charge in [-0.05, 0) is 75.1 Å². The number of aromatic hydroxyl groups is 1. The van der Waals surface area contributed by atoms with Crippen molar-refractivity contribution < 1.29 is 29.9 Å². The van der Waals surface area contributed by atoms with E-state index in [1.807, 2.05) is 18.2 Å². The minimum absolute atomic E-state index is 0.00370. The number of fused-ring (bicyclic) bond motifs is 2. The molecule has 6 atom stereocenters. The van der Waals surface area contributed by atoms with Gasteiger partial charge in [-0.15, -0.1) is 4.99 Å². The second kappa shape index (κ2) is 17.7. The topological polar surface area (TPSA) is 150 Å². The maximum atomic E-state index is 11.1. The van der Waals surface area contributed by atoms with Crippen LogP contribution in [0.3, 0.4) is 0 Å². The fraction of sp³-hybridized carbons (Fsp3) is 0.658. The zero-order chi connectivity index (χ0) is 33.2. The first-order valence-electron chi connectivity index (χ1n) is 18.1. The van der Waals surface area contributed by atoms with E-state index < -0.39 is 12.2 Å². The number of nitrogens with two attached hydrogens (primary N) is 1. The summed E-state index contributed by atoms with van der Waals surface area (Å²) in [4.78, 5) is 4.90. The average Bonchev–Trinajstić information content (AvgIpc) is 3.79. The Hall–Kier alpha value is -2.53. The number of aliphatic hydroxyl groups excluding tert-OH is 3. The molecule has 1 aromatic carbocycles. The second-order valence-corrected chi connectivity index (χ2v) is 14.0. The first kappa shape index (κ1) is 35.8. The number of phenols is 1. The number of hydrogen-bond acceptors (Lipinski definition) is 9. The van der Waals surface area contributed by atoms with Crippen LogP contribution in [-0.2, 0) is 11.2 Å². The summed E-state index contributed by atoms with van der Waals surface area (Å²) in [6, 6.07) is 5.95. The number of rotatable bonds is 19. The summed E-state index contributed by atoms with van der Waals surface area (Å²) in [5.74, 6) is 2.00. The molecule has 0 aromatic heterocycles. The Morgan fingerprint density at radius 3 is 2.79 bits per heavy atom. The van der Waals surface area contributed by atoms with Crippen molar-refractivity contribution in [2.24, 2.45) is 28.5 Å². The molecule has 47 heavy (non-hydrogen) atoms. The zero-order valence-electron chi connectivity index (χ0n) is 28.2. The molecule has 5 rings (SSSR count). The highest BCUT2D eigenvalue weighted by Crippen LogP contribution is 2.47. The van der Waals surface area contributed by atoms with Gasteiger partial charge in [-0.3, -0.25) is 0 Å². The molecule has 0 bridgehead atoms. The third-order valence-electron chi connectivity index (χ3n) is 10.4. The summed E-state index contributed by atoms with van der Waals surface area (Å²) in [6.07, 6.45) is 17.3. The standard InChI is InChI=1S/C38H57N3O6/c1-25(43)21-40-22-32-30-9-7-8-27(30)13-15-33-31(32)20-34(41-33)36(45)24-46-38-18-26(12-16-35(38)44)11-14-29-19-28(23-42)37(47-29)10-5-3-2-4-6-17-39/h12,16,18-20,25,27,30,32,36-37,40,42-45H,2-11,13-15,17,21-24,39H2,1H3. The largest absolute Gasteiger partial charge is 0.504 e. The molecule has 0 amide bonds. The highest BCUT2D eigenvalue weighted by Gasteiger charge is 2.47. The molecule has 9 heteroatoms. The first-order valence-corrected chi connectivity index (χ1v) is 18.1. The zero-order valence-corrected chi connectivity index (χ0v) is 28.2. The molecule has 0 saturated heterocycles. The van der Waals surface area contributed by atoms with Crippen LogP contribution in [0.5, 0.6) is 11.5 Å². The Balaban J connectivity index is 1.12. The maximum absolute atomic E-state index is 11.1. The molecule has 2 fully saturated rings. The fourth-order valence-corrected chi connectivity index (χ4v) is 7.87. The number of aryl methyl sites for hydroxylation is 1. The molecule has 2 aliphatic heterocycles. The molecule has 6 unspecified atom stereocenters. The van der Waals surface area contributed by atoms with Gasteiger partial charge in [0.2, 0.25) is 0 Å². The van der Waals surface area contributed by atoms with E-state index in [9.17, 15) is 20.4 Å². The Morgan fingerprint density at radius 1 is 1.15 bits per heavy atom. The average molecular weight is 652 g/mol. The van der Waals surface area contributed by atoms with Crippen LogP contribution in [0.1, 0.15) is 89.5 Å². The lowest BCUT2D eigenvalue weighted by molar-refractivity contribution is 0.102. The van der Waals surface area contributed by atoms with Gasteiger partial charge >= 0.3 is 0 Å². The fourth-order valence-electron chi connectivity index (χ4n) is 7.87. The van der Waals surface area contributed by atoms with Crippen molar-refractivity contribution in [3.63, 3.8) is 0 Å². The summed E-state index contributed by atoms with van der Waals surface area (Å²) in [6.45, 7) is 3.90. The summed E-state index contributed by atoms with van der Waals surface area (Å²) < 4.78 is 12.2. The van der Waals surface area contributed by atoms with Crippen LogP contribution in [-0.4, -0.2) is 77.3 Å². The molecule has 9 nitrogen and oxygen atoms in total. The van der Waals surface area contributed by atoms with Crippen LogP contribution < -0.4 is 15.8 Å². The van der Waals surface area contributed by atoms with Crippen LogP contribution in [0.2, 0.25) is 0 Å². The van der Waals surface area contributed by atoms with Crippen molar-refractivity contribution in [3.8, 4) is 11.5 Å². The van der Waals surface area contributed by atoms with E-state index in [0.717, 1.165) is 81.0 Å². The second-order valence-electron chi connectivity index (χ2n) is 14.0. The molecule has 7 N–H and O–H groups in total. The van der Waals surface area contributed by atoms with Gasteiger partial charge in [-0.2, -0.15) is 11.6 Å². The molecule has 0 radical (unpaired) electrons. The number of nitrogens with zero attached hydrogens (tertiary/aromatic N) is 1. The van der Waals surface area contributed by atoms with Gasteiger partial charge in [-0.1, -0.05) is 57.1 Å². The van der Waals surface area contributed by atoms with E-state index in [2.05, 4.69) is 11.4 Å². The lowest BCUT2D eigenvalue weighted by atomic mass is 9.80. The van der Waals surface area contributed by atoms with Crippen molar-refractivity contribution in [1.82, 2.24) is 5.32 Å². The maximum Gasteiger partial charge on any atom is 0.189 e. The highest BCUT2D eigenvalue weighted by molar-refractivity contribution is 6.04. The van der Waals surface area contributed by atoms with Gasteiger partial charge in [-0.25, -0.2) is 0 Å². The van der Waals surface area contributed by atoms with Crippen LogP contribution in [0.15, 0.2) is 46.5 Å². The quantitative estimate of drug-likeness (QED) is 0.0912. The van der Waals surface area contributed by atoms with Gasteiger partial charge in [0, 0.05) is 32.2 Å². The lowest BCUT2D eigenvalue weighted by Gasteiger charge is -2.24. The Morgan fingerprint density at radius 2 is 1.98 bits per heavy atom. The lowest BCUT2D eigenvalue weighted by Crippen LogP contribution is -2.34. The minimum atomic E-state index is -0.919. The van der Waals surface area contributed by atoms with Crippen LogP contribution in [0, 0.1) is 29.9 Å². The predicted molar refractivity (Wildman–Crippen MR) is 185 cm³/mol. The number of nitrogens with one attached hydrogen (secondary N) is 1. The number of phenolic OH excluding ortho intramolecular Hbond substituents is 1. The molecule has 2 heterocycles. The van der Waals surface area contributed by atoms with Gasteiger partial charge in [0.1, 0.15) is 12.2 Å². The Kier molecular flexibility index (Phi) is 13.5. The molecule has 2 saturated carbocycles. The van der Waals surface area contributed by atoms with Crippen molar-refractivity contribution in [2.45, 2.75) is 109 Å². The number of aliphatic hydroxyl groups is 3. The van der Waals surface area contributed by atoms with Crippen LogP contribution in [0.25, 0.3) is 0 Å². The van der Waals surface area contributed by atoms with E-state index in [1.165, 1.54) is 31.3 Å². The third-order valence-corrected chi connectivity index (χ3v) is 10.4. The van der Waals surface area contributed by atoms with Gasteiger partial charge in [0.05, 0.1) is 18.1 Å². The van der Waals surface area contributed by atoms with E-state index in [0.29, 0.717) is 48.9 Å². The first-order chi connectivity index (χ1) is 22.9. The van der Waals surface area contributed by atoms with E-state index >= 15 is 0 Å². The van der Waals surface area contributed by atoms with Crippen molar-refractivity contribution in [2.75, 3.05) is 32.8 Å². The normalized spacial score (nSPS) is 25.2. The minimum Gasteiger partial charge on any atom is -0.504 e. The monoisotopic (exact) mass is 651 g/mol. The van der Waals surface area contributed by atoms with Gasteiger partial charge in [0.25, 0.3) is 0 Å². The van der Waals surface area contributed by atoms with Crippen molar-refractivity contribution >= 4 is 5.71 Å². The summed E-state index contributed by atoms with van der Waals surface area (Å²) in [5.41, 5.74) is 9.82. The smallest absolute Gasteiger partial charge is 0.189 e. The number of unbranched alkanes of at least 4 members (excludes halogenated alkanes) is 4. The number of ether oxygens (including phenoxy) is 2. The van der Waals surface area contributed by atoms with E-state index in [4.69, 9.17) is 20.2 Å². The SMILES string of the molecule is CC(O)CNCC1C2=C[C+](C(O)COc3cc(CC[C-]4C=C(CO)C(CCCCCCCN)O4)ccc3O)N=C2CCC2CCCC21. The molecule has 1 aromatic rings. The molecular formula is C38H57N3O6. The van der Waals surface area contributed by atoms with Gasteiger partial charge in [0.15, 0.2) is 29.4 Å². The molecule has 260 valence electrons. The van der Waals surface area contributed by atoms with Crippen LogP contribution in [0.4, 0.5) is 0 Å². The predicted octanol–water partition coefficient (Wildman–Crippen LogP) is 4.92. The van der Waals surface area contributed by atoms with E-state index in [1.54, 1.807) is 13.0 Å². The Labute approximate surface area is 281 Å². The molecule has 2 aliphatic carbocycles. The molecular weight excluding hydrogens is 594 g/mol. The van der Waals surface area contributed by atoms with Crippen molar-refractivity contribution in [1.29, 1.82) is 0 Å². The molecule has 4 aliphatic rings. The van der Waals surface area contributed by atoms with Gasteiger partial charge < -0.3 is 41.0 Å². The summed E-state index contributed by atoms with van der Waals surface area (Å²) in [7, 11) is 0. The summed E-state index contributed by atoms with van der Waals surface area (Å²) >= 11 is 0. The summed E-state index contributed by atoms with van der Waals surface area (Å²) in [5, 5.41) is 44.8. The molecule has 0 spiro atoms. The van der Waals surface area contributed by atoms with E-state index in [-0.39, 0.29) is 25.1 Å². The Bertz CT molecular complexity index is 1230. The highest BCUT2D eigenvalue weighted by atomic mass is 16.5.